The Bertz CT molecular complexity index is 556. The van der Waals surface area contributed by atoms with Crippen molar-refractivity contribution >= 4 is 17.5 Å². The fourth-order valence-corrected chi connectivity index (χ4v) is 2.52. The maximum Gasteiger partial charge on any atom is 0.243 e. The molecule has 0 aliphatic heterocycles. The number of carbonyl (C=O) groups is 1. The van der Waals surface area contributed by atoms with Crippen LogP contribution in [0, 0.1) is 0 Å². The highest BCUT2D eigenvalue weighted by Crippen LogP contribution is 2.24. The Balaban J connectivity index is 2.08. The molecule has 1 amide bonds. The molecule has 1 N–H and O–H groups in total. The average Bonchev–Trinajstić information content (AvgIpc) is 2.55. The van der Waals surface area contributed by atoms with Gasteiger partial charge in [0.1, 0.15) is 5.38 Å². The van der Waals surface area contributed by atoms with Gasteiger partial charge in [-0.15, -0.1) is 11.6 Å². The van der Waals surface area contributed by atoms with E-state index in [0.717, 1.165) is 24.0 Å². The van der Waals surface area contributed by atoms with Gasteiger partial charge in [-0.2, -0.15) is 0 Å². The number of benzene rings is 2. The Kier molecular flexibility index (Phi) is 5.82. The van der Waals surface area contributed by atoms with Crippen LogP contribution in [0.3, 0.4) is 0 Å². The fourth-order valence-electron chi connectivity index (χ4n) is 2.31. The highest BCUT2D eigenvalue weighted by Gasteiger charge is 2.21. The summed E-state index contributed by atoms with van der Waals surface area (Å²) in [5.74, 6) is -0.148. The average molecular weight is 302 g/mol. The number of halogens is 1. The van der Waals surface area contributed by atoms with Crippen LogP contribution in [0.2, 0.25) is 0 Å². The summed E-state index contributed by atoms with van der Waals surface area (Å²) in [7, 11) is 0. The van der Waals surface area contributed by atoms with Gasteiger partial charge in [0.25, 0.3) is 0 Å². The van der Waals surface area contributed by atoms with Crippen molar-refractivity contribution in [1.29, 1.82) is 0 Å². The zero-order chi connectivity index (χ0) is 15.1. The van der Waals surface area contributed by atoms with Crippen molar-refractivity contribution in [3.63, 3.8) is 0 Å². The van der Waals surface area contributed by atoms with Gasteiger partial charge in [0.05, 0.1) is 6.04 Å². The Morgan fingerprint density at radius 2 is 1.52 bits per heavy atom. The number of rotatable bonds is 6. The van der Waals surface area contributed by atoms with Crippen molar-refractivity contribution < 1.29 is 4.79 Å². The van der Waals surface area contributed by atoms with Gasteiger partial charge in [0, 0.05) is 0 Å². The molecule has 0 aliphatic rings. The molecular formula is C18H20ClNO. The van der Waals surface area contributed by atoms with Crippen molar-refractivity contribution in [3.8, 4) is 0 Å². The molecule has 0 aliphatic carbocycles. The van der Waals surface area contributed by atoms with Gasteiger partial charge in [-0.25, -0.2) is 0 Å². The van der Waals surface area contributed by atoms with E-state index in [1.165, 1.54) is 0 Å². The van der Waals surface area contributed by atoms with Crippen molar-refractivity contribution in [2.45, 2.75) is 31.2 Å². The smallest absolute Gasteiger partial charge is 0.243 e. The van der Waals surface area contributed by atoms with Crippen LogP contribution in [0.5, 0.6) is 0 Å². The van der Waals surface area contributed by atoms with Gasteiger partial charge in [-0.1, -0.05) is 74.0 Å². The van der Waals surface area contributed by atoms with Gasteiger partial charge in [0.2, 0.25) is 5.91 Å². The number of hydrogen-bond donors (Lipinski definition) is 1. The Labute approximate surface area is 131 Å². The molecule has 0 fully saturated rings. The minimum Gasteiger partial charge on any atom is -0.348 e. The topological polar surface area (TPSA) is 29.1 Å². The minimum absolute atomic E-state index is 0.00802. The highest BCUT2D eigenvalue weighted by atomic mass is 35.5. The summed E-state index contributed by atoms with van der Waals surface area (Å²) in [4.78, 5) is 12.4. The van der Waals surface area contributed by atoms with Crippen LogP contribution in [0.4, 0.5) is 0 Å². The lowest BCUT2D eigenvalue weighted by Gasteiger charge is -2.20. The summed E-state index contributed by atoms with van der Waals surface area (Å²) in [5, 5.41) is 2.40. The molecule has 2 rings (SSSR count). The zero-order valence-corrected chi connectivity index (χ0v) is 12.9. The first-order chi connectivity index (χ1) is 10.2. The van der Waals surface area contributed by atoms with Gasteiger partial charge in [0.15, 0.2) is 0 Å². The van der Waals surface area contributed by atoms with E-state index in [-0.39, 0.29) is 11.9 Å². The third-order valence-corrected chi connectivity index (χ3v) is 3.87. The van der Waals surface area contributed by atoms with Crippen LogP contribution < -0.4 is 5.32 Å². The van der Waals surface area contributed by atoms with Crippen molar-refractivity contribution in [3.05, 3.63) is 71.8 Å². The number of amides is 1. The second-order valence-electron chi connectivity index (χ2n) is 5.03. The molecule has 0 aromatic heterocycles. The van der Waals surface area contributed by atoms with E-state index in [1.807, 2.05) is 60.7 Å². The molecule has 21 heavy (non-hydrogen) atoms. The molecule has 2 atom stereocenters. The highest BCUT2D eigenvalue weighted by molar-refractivity contribution is 6.30. The molecule has 3 heteroatoms. The summed E-state index contributed by atoms with van der Waals surface area (Å²) in [6.07, 6.45) is 1.90. The van der Waals surface area contributed by atoms with Gasteiger partial charge in [-0.3, -0.25) is 4.79 Å². The van der Waals surface area contributed by atoms with Gasteiger partial charge in [-0.05, 0) is 17.5 Å². The van der Waals surface area contributed by atoms with E-state index < -0.39 is 5.38 Å². The predicted octanol–water partition coefficient (Wildman–Crippen LogP) is 4.62. The Hall–Kier alpha value is -1.80. The van der Waals surface area contributed by atoms with Crippen molar-refractivity contribution in [2.75, 3.05) is 0 Å². The first-order valence-electron chi connectivity index (χ1n) is 7.26. The lowest BCUT2D eigenvalue weighted by atomic mass is 10.0. The molecule has 2 unspecified atom stereocenters. The van der Waals surface area contributed by atoms with Crippen LogP contribution in [0.25, 0.3) is 0 Å². The first kappa shape index (κ1) is 15.6. The molecule has 0 saturated carbocycles. The van der Waals surface area contributed by atoms with E-state index in [0.29, 0.717) is 0 Å². The summed E-state index contributed by atoms with van der Waals surface area (Å²) in [5.41, 5.74) is 1.93. The standard InChI is InChI=1S/C18H20ClNO/c1-2-9-16(14-10-5-3-6-11-14)20-18(21)17(19)15-12-7-4-8-13-15/h3-8,10-13,16-17H,2,9H2,1H3,(H,20,21). The summed E-state index contributed by atoms with van der Waals surface area (Å²) < 4.78 is 0. The van der Waals surface area contributed by atoms with Crippen LogP contribution in [-0.2, 0) is 4.79 Å². The normalized spacial score (nSPS) is 13.4. The molecule has 2 nitrogen and oxygen atoms in total. The number of alkyl halides is 1. The first-order valence-corrected chi connectivity index (χ1v) is 7.70. The van der Waals surface area contributed by atoms with Gasteiger partial charge >= 0.3 is 0 Å². The summed E-state index contributed by atoms with van der Waals surface area (Å²) >= 11 is 6.28. The third kappa shape index (κ3) is 4.33. The zero-order valence-electron chi connectivity index (χ0n) is 12.1. The summed E-state index contributed by atoms with van der Waals surface area (Å²) in [6.45, 7) is 2.11. The Morgan fingerprint density at radius 3 is 2.05 bits per heavy atom. The third-order valence-electron chi connectivity index (χ3n) is 3.42. The molecule has 0 heterocycles. The maximum absolute atomic E-state index is 12.4. The van der Waals surface area contributed by atoms with E-state index in [4.69, 9.17) is 11.6 Å². The number of carbonyl (C=O) groups excluding carboxylic acids is 1. The number of hydrogen-bond acceptors (Lipinski definition) is 1. The molecule has 110 valence electrons. The van der Waals surface area contributed by atoms with Crippen LogP contribution in [0.1, 0.15) is 42.3 Å². The van der Waals surface area contributed by atoms with Gasteiger partial charge < -0.3 is 5.32 Å². The predicted molar refractivity (Wildman–Crippen MR) is 87.3 cm³/mol. The molecule has 2 aromatic carbocycles. The molecule has 0 saturated heterocycles. The van der Waals surface area contributed by atoms with Crippen LogP contribution >= 0.6 is 11.6 Å². The monoisotopic (exact) mass is 301 g/mol. The minimum atomic E-state index is -0.658. The molecular weight excluding hydrogens is 282 g/mol. The number of nitrogens with one attached hydrogen (secondary N) is 1. The largest absolute Gasteiger partial charge is 0.348 e. The Morgan fingerprint density at radius 1 is 1.00 bits per heavy atom. The molecule has 0 bridgehead atoms. The fraction of sp³-hybridized carbons (Fsp3) is 0.278. The molecule has 2 aromatic rings. The quantitative estimate of drug-likeness (QED) is 0.775. The maximum atomic E-state index is 12.4. The van der Waals surface area contributed by atoms with Crippen LogP contribution in [-0.4, -0.2) is 5.91 Å². The lowest BCUT2D eigenvalue weighted by molar-refractivity contribution is -0.121. The van der Waals surface area contributed by atoms with Crippen LogP contribution in [0.15, 0.2) is 60.7 Å². The molecule has 0 radical (unpaired) electrons. The van der Waals surface area contributed by atoms with E-state index >= 15 is 0 Å². The van der Waals surface area contributed by atoms with E-state index in [1.54, 1.807) is 0 Å². The van der Waals surface area contributed by atoms with E-state index in [2.05, 4.69) is 12.2 Å². The second kappa shape index (κ2) is 7.84. The van der Waals surface area contributed by atoms with E-state index in [9.17, 15) is 4.79 Å². The molecule has 0 spiro atoms. The van der Waals surface area contributed by atoms with Crippen molar-refractivity contribution in [1.82, 2.24) is 5.32 Å². The lowest BCUT2D eigenvalue weighted by Crippen LogP contribution is -2.31. The van der Waals surface area contributed by atoms with Crippen molar-refractivity contribution in [2.24, 2.45) is 0 Å². The SMILES string of the molecule is CCCC(NC(=O)C(Cl)c1ccccc1)c1ccccc1. The summed E-state index contributed by atoms with van der Waals surface area (Å²) in [6, 6.07) is 19.4. The second-order valence-corrected chi connectivity index (χ2v) is 5.47.